The summed E-state index contributed by atoms with van der Waals surface area (Å²) < 4.78 is 20.7. The number of aromatic nitrogens is 4. The van der Waals surface area contributed by atoms with Crippen molar-refractivity contribution in [3.63, 3.8) is 0 Å². The van der Waals surface area contributed by atoms with Gasteiger partial charge in [0, 0.05) is 50.4 Å². The number of carbonyl (C=O) groups is 3. The minimum Gasteiger partial charge on any atom is -0.462 e. The quantitative estimate of drug-likeness (QED) is 0.0441. The van der Waals surface area contributed by atoms with Crippen molar-refractivity contribution < 1.29 is 38.4 Å². The molecule has 17 nitrogen and oxygen atoms in total. The van der Waals surface area contributed by atoms with Gasteiger partial charge in [-0.1, -0.05) is 34.1 Å². The fraction of sp³-hybridized carbons (Fsp3) is 0.595. The van der Waals surface area contributed by atoms with Crippen LogP contribution < -0.4 is 27.2 Å². The number of fused-ring (bicyclic) bond motifs is 1. The lowest BCUT2D eigenvalue weighted by Crippen LogP contribution is -2.29. The van der Waals surface area contributed by atoms with Crippen molar-refractivity contribution in [1.82, 2.24) is 30.6 Å². The van der Waals surface area contributed by atoms with Crippen molar-refractivity contribution in [3.05, 3.63) is 52.1 Å². The van der Waals surface area contributed by atoms with Gasteiger partial charge in [-0.3, -0.25) is 24.2 Å². The number of aliphatic hydroxyl groups is 1. The zero-order valence-corrected chi connectivity index (χ0v) is 36.1. The van der Waals surface area contributed by atoms with Gasteiger partial charge in [0.2, 0.25) is 11.9 Å². The van der Waals surface area contributed by atoms with Crippen molar-refractivity contribution in [2.75, 3.05) is 70.4 Å². The van der Waals surface area contributed by atoms with Crippen LogP contribution in [-0.2, 0) is 35.1 Å². The van der Waals surface area contributed by atoms with Gasteiger partial charge in [-0.2, -0.15) is 4.98 Å². The molecule has 3 aromatic rings. The lowest BCUT2D eigenvalue weighted by molar-refractivity contribution is -0.138. The number of anilines is 2. The molecule has 7 N–H and O–H groups in total. The number of hydrogen-bond donors (Lipinski definition) is 6. The van der Waals surface area contributed by atoms with E-state index in [4.69, 9.17) is 31.5 Å². The van der Waals surface area contributed by atoms with Crippen LogP contribution in [0.15, 0.2) is 35.3 Å². The first-order chi connectivity index (χ1) is 28.2. The van der Waals surface area contributed by atoms with Gasteiger partial charge in [-0.25, -0.2) is 9.97 Å². The monoisotopic (exact) mass is 829 g/mol. The van der Waals surface area contributed by atoms with Crippen molar-refractivity contribution in [3.8, 4) is 12.3 Å². The highest BCUT2D eigenvalue weighted by atomic mass is 16.5. The van der Waals surface area contributed by atoms with E-state index in [1.807, 2.05) is 27.7 Å². The number of amides is 2. The van der Waals surface area contributed by atoms with E-state index in [0.29, 0.717) is 95.8 Å². The highest BCUT2D eigenvalue weighted by Gasteiger charge is 2.09. The minimum atomic E-state index is -0.454. The highest BCUT2D eigenvalue weighted by Crippen LogP contribution is 2.12. The second kappa shape index (κ2) is 33.8. The van der Waals surface area contributed by atoms with Gasteiger partial charge in [0.1, 0.15) is 5.60 Å². The molecule has 1 unspecified atom stereocenters. The molecule has 17 heteroatoms. The first kappa shape index (κ1) is 53.9. The van der Waals surface area contributed by atoms with E-state index in [1.165, 1.54) is 12.6 Å². The average molecular weight is 829 g/mol. The van der Waals surface area contributed by atoms with Crippen LogP contribution in [0.1, 0.15) is 103 Å². The van der Waals surface area contributed by atoms with E-state index in [9.17, 15) is 19.2 Å². The molecule has 0 fully saturated rings. The van der Waals surface area contributed by atoms with E-state index in [1.54, 1.807) is 24.3 Å². The number of nitrogens with two attached hydrogens (primary N) is 1. The van der Waals surface area contributed by atoms with Gasteiger partial charge < -0.3 is 45.7 Å². The van der Waals surface area contributed by atoms with Crippen LogP contribution in [0.25, 0.3) is 11.2 Å². The fourth-order valence-electron chi connectivity index (χ4n) is 4.15. The molecule has 0 saturated carbocycles. The predicted molar refractivity (Wildman–Crippen MR) is 231 cm³/mol. The summed E-state index contributed by atoms with van der Waals surface area (Å²) in [4.78, 5) is 60.7. The number of aliphatic hydroxyl groups excluding tert-OH is 1. The number of nitrogens with zero attached hydrogens (tertiary/aromatic N) is 3. The minimum absolute atomic E-state index is 0.0172. The SMILES string of the molecule is C#CCC.CC(C)(C)OC=O.CCC(C)CCO.CCCOCCOCCOCCNC(=O)CCCNC(=O)c1ccc(NCc2cnc3nc(N)[nH]c(=O)c3n2)cc1. The van der Waals surface area contributed by atoms with E-state index < -0.39 is 5.56 Å². The molecule has 0 aliphatic heterocycles. The highest BCUT2D eigenvalue weighted by molar-refractivity contribution is 5.94. The van der Waals surface area contributed by atoms with Crippen molar-refractivity contribution in [1.29, 1.82) is 0 Å². The molecule has 0 saturated heterocycles. The topological polar surface area (TPSA) is 242 Å². The number of carbonyl (C=O) groups excluding carboxylic acids is 3. The lowest BCUT2D eigenvalue weighted by atomic mass is 10.1. The Labute approximate surface area is 349 Å². The van der Waals surface area contributed by atoms with Gasteiger partial charge in [-0.15, -0.1) is 12.3 Å². The van der Waals surface area contributed by atoms with E-state index in [0.717, 1.165) is 31.6 Å². The van der Waals surface area contributed by atoms with E-state index in [2.05, 4.69) is 67.3 Å². The maximum Gasteiger partial charge on any atom is 0.293 e. The molecule has 1 atom stereocenters. The van der Waals surface area contributed by atoms with Crippen molar-refractivity contribution >= 4 is 41.1 Å². The average Bonchev–Trinajstić information content (AvgIpc) is 3.21. The Morgan fingerprint density at radius 1 is 0.983 bits per heavy atom. The number of benzene rings is 1. The summed E-state index contributed by atoms with van der Waals surface area (Å²) >= 11 is 0. The summed E-state index contributed by atoms with van der Waals surface area (Å²) in [7, 11) is 0. The summed E-state index contributed by atoms with van der Waals surface area (Å²) in [5, 5.41) is 17.2. The Morgan fingerprint density at radius 2 is 1.61 bits per heavy atom. The molecule has 59 heavy (non-hydrogen) atoms. The normalized spacial score (nSPS) is 10.9. The number of ether oxygens (including phenoxy) is 4. The summed E-state index contributed by atoms with van der Waals surface area (Å²) in [5.41, 5.74) is 6.84. The number of rotatable bonds is 23. The van der Waals surface area contributed by atoms with Crippen LogP contribution in [0.2, 0.25) is 0 Å². The summed E-state index contributed by atoms with van der Waals surface area (Å²) in [6.45, 7) is 18.9. The van der Waals surface area contributed by atoms with Gasteiger partial charge in [0.05, 0.1) is 51.5 Å². The molecular weight excluding hydrogens is 761 g/mol. The van der Waals surface area contributed by atoms with Crippen LogP contribution >= 0.6 is 0 Å². The second-order valence-corrected chi connectivity index (χ2v) is 13.9. The van der Waals surface area contributed by atoms with Crippen molar-refractivity contribution in [2.24, 2.45) is 5.92 Å². The Hall–Kier alpha value is -5.15. The number of hydrogen-bond acceptors (Lipinski definition) is 14. The summed E-state index contributed by atoms with van der Waals surface area (Å²) in [6.07, 6.45) is 11.1. The largest absolute Gasteiger partial charge is 0.462 e. The van der Waals surface area contributed by atoms with Gasteiger partial charge in [0.25, 0.3) is 17.9 Å². The molecule has 330 valence electrons. The molecule has 2 aromatic heterocycles. The smallest absolute Gasteiger partial charge is 0.293 e. The standard InChI is InChI=1S/C27H38N8O6.C6H14O.C5H10O2.C4H6/c1-2-11-39-13-15-41-16-14-40-12-10-29-22(36)4-3-9-30-25(37)19-5-7-20(8-6-19)31-17-21-18-32-24-23(33-21)26(38)35-27(28)34-24;1-3-6(2)4-5-7;1-5(2,3)7-4-6;1-3-4-2/h5-8,18,31H,2-4,9-17H2,1H3,(H,29,36)(H,30,37)(H3,28,32,34,35,38);6-7H,3-5H2,1-2H3;4H,1-3H3;1H,4H2,2H3. The molecule has 2 amide bonds. The molecule has 2 heterocycles. The maximum atomic E-state index is 12.4. The number of H-pyrrole nitrogens is 1. The summed E-state index contributed by atoms with van der Waals surface area (Å²) in [5.74, 6) is 2.79. The number of nitrogens with one attached hydrogen (secondary N) is 4. The molecule has 0 bridgehead atoms. The van der Waals surface area contributed by atoms with Crippen LogP contribution in [0.4, 0.5) is 11.6 Å². The van der Waals surface area contributed by atoms with Crippen LogP contribution in [0.5, 0.6) is 0 Å². The van der Waals surface area contributed by atoms with Crippen LogP contribution in [0.3, 0.4) is 0 Å². The molecule has 1 aromatic carbocycles. The zero-order valence-electron chi connectivity index (χ0n) is 36.1. The van der Waals surface area contributed by atoms with E-state index >= 15 is 0 Å². The first-order valence-electron chi connectivity index (χ1n) is 20.0. The Balaban J connectivity index is 0.00000155. The number of terminal acetylenes is 1. The third-order valence-electron chi connectivity index (χ3n) is 7.56. The lowest BCUT2D eigenvalue weighted by Gasteiger charge is -2.14. The van der Waals surface area contributed by atoms with E-state index in [-0.39, 0.29) is 34.5 Å². The molecule has 0 radical (unpaired) electrons. The third-order valence-corrected chi connectivity index (χ3v) is 7.56. The molecule has 0 aliphatic carbocycles. The zero-order chi connectivity index (χ0) is 44.3. The first-order valence-corrected chi connectivity index (χ1v) is 20.0. The van der Waals surface area contributed by atoms with Crippen molar-refractivity contribution in [2.45, 2.75) is 99.1 Å². The van der Waals surface area contributed by atoms with Crippen LogP contribution in [0, 0.1) is 18.3 Å². The number of aromatic amines is 1. The Kier molecular flexibility index (Phi) is 30.8. The molecular formula is C42H68N8O9. The maximum absolute atomic E-state index is 12.4. The molecule has 0 aliphatic rings. The van der Waals surface area contributed by atoms with Gasteiger partial charge in [0.15, 0.2) is 11.2 Å². The molecule has 3 rings (SSSR count). The molecule has 0 spiro atoms. The number of nitrogen functional groups attached to an aromatic ring is 1. The Bertz CT molecular complexity index is 1680. The van der Waals surface area contributed by atoms with Gasteiger partial charge >= 0.3 is 0 Å². The third kappa shape index (κ3) is 28.8. The van der Waals surface area contributed by atoms with Crippen LogP contribution in [-0.4, -0.2) is 108 Å². The predicted octanol–water partition coefficient (Wildman–Crippen LogP) is 4.40. The second-order valence-electron chi connectivity index (χ2n) is 13.9. The summed E-state index contributed by atoms with van der Waals surface area (Å²) in [6, 6.07) is 6.92. The Morgan fingerprint density at radius 3 is 2.14 bits per heavy atom. The van der Waals surface area contributed by atoms with Gasteiger partial charge in [-0.05, 0) is 70.2 Å². The fourth-order valence-corrected chi connectivity index (χ4v) is 4.15.